The predicted octanol–water partition coefficient (Wildman–Crippen LogP) is 2.98. The van der Waals surface area contributed by atoms with Gasteiger partial charge in [-0.15, -0.1) is 0 Å². The van der Waals surface area contributed by atoms with Crippen molar-refractivity contribution in [2.24, 2.45) is 5.92 Å². The lowest BCUT2D eigenvalue weighted by Gasteiger charge is -2.34. The molecule has 0 spiro atoms. The number of rotatable bonds is 4. The molecule has 114 valence electrons. The summed E-state index contributed by atoms with van der Waals surface area (Å²) in [5.41, 5.74) is -0.993. The van der Waals surface area contributed by atoms with Gasteiger partial charge in [0.1, 0.15) is 10.4 Å². The van der Waals surface area contributed by atoms with Gasteiger partial charge in [0.15, 0.2) is 0 Å². The lowest BCUT2D eigenvalue weighted by Crippen LogP contribution is -2.49. The van der Waals surface area contributed by atoms with Gasteiger partial charge in [-0.05, 0) is 53.6 Å². The zero-order chi connectivity index (χ0) is 15.5. The lowest BCUT2D eigenvalue weighted by atomic mass is 9.77. The quantitative estimate of drug-likeness (QED) is 0.881. The highest BCUT2D eigenvalue weighted by Gasteiger charge is 2.39. The molecule has 1 aromatic rings. The SMILES string of the molecule is CCC1CCC(C#N)(NS(=O)(=O)c2cncc(Br)c2)CC1. The van der Waals surface area contributed by atoms with Gasteiger partial charge in [0.05, 0.1) is 6.07 Å². The van der Waals surface area contributed by atoms with Crippen LogP contribution >= 0.6 is 15.9 Å². The summed E-state index contributed by atoms with van der Waals surface area (Å²) in [6, 6.07) is 3.66. The van der Waals surface area contributed by atoms with Gasteiger partial charge in [0.2, 0.25) is 10.0 Å². The Balaban J connectivity index is 2.21. The van der Waals surface area contributed by atoms with Crippen molar-refractivity contribution in [2.45, 2.75) is 49.5 Å². The fourth-order valence-corrected chi connectivity index (χ4v) is 4.55. The summed E-state index contributed by atoms with van der Waals surface area (Å²) in [7, 11) is -3.74. The molecular formula is C14H18BrN3O2S. The van der Waals surface area contributed by atoms with Crippen LogP contribution in [0.5, 0.6) is 0 Å². The zero-order valence-corrected chi connectivity index (χ0v) is 14.2. The van der Waals surface area contributed by atoms with Crippen molar-refractivity contribution < 1.29 is 8.42 Å². The van der Waals surface area contributed by atoms with Crippen LogP contribution in [-0.2, 0) is 10.0 Å². The van der Waals surface area contributed by atoms with Crippen LogP contribution in [0.2, 0.25) is 0 Å². The normalized spacial score (nSPS) is 26.2. The van der Waals surface area contributed by atoms with Crippen molar-refractivity contribution in [1.29, 1.82) is 5.26 Å². The molecule has 0 atom stereocenters. The van der Waals surface area contributed by atoms with Gasteiger partial charge < -0.3 is 0 Å². The lowest BCUT2D eigenvalue weighted by molar-refractivity contribution is 0.259. The second-order valence-electron chi connectivity index (χ2n) is 5.49. The molecule has 0 aliphatic heterocycles. The highest BCUT2D eigenvalue weighted by atomic mass is 79.9. The molecule has 0 aromatic carbocycles. The van der Waals surface area contributed by atoms with Gasteiger partial charge in [-0.1, -0.05) is 13.3 Å². The average molecular weight is 372 g/mol. The Labute approximate surface area is 134 Å². The van der Waals surface area contributed by atoms with Crippen LogP contribution in [-0.4, -0.2) is 18.9 Å². The van der Waals surface area contributed by atoms with Crippen LogP contribution in [0, 0.1) is 17.2 Å². The van der Waals surface area contributed by atoms with Gasteiger partial charge in [-0.2, -0.15) is 9.98 Å². The molecule has 0 saturated heterocycles. The summed E-state index contributed by atoms with van der Waals surface area (Å²) in [5.74, 6) is 0.587. The minimum atomic E-state index is -3.74. The van der Waals surface area contributed by atoms with Crippen molar-refractivity contribution in [1.82, 2.24) is 9.71 Å². The molecule has 21 heavy (non-hydrogen) atoms. The summed E-state index contributed by atoms with van der Waals surface area (Å²) in [5, 5.41) is 9.46. The Morgan fingerprint density at radius 3 is 2.67 bits per heavy atom. The first-order valence-electron chi connectivity index (χ1n) is 6.96. The van der Waals surface area contributed by atoms with Gasteiger partial charge in [-0.3, -0.25) is 4.98 Å². The first-order chi connectivity index (χ1) is 9.91. The fraction of sp³-hybridized carbons (Fsp3) is 0.571. The fourth-order valence-electron chi connectivity index (χ4n) is 2.67. The molecule has 1 fully saturated rings. The average Bonchev–Trinajstić information content (AvgIpc) is 2.47. The Morgan fingerprint density at radius 2 is 2.14 bits per heavy atom. The maximum absolute atomic E-state index is 12.4. The number of nitriles is 1. The predicted molar refractivity (Wildman–Crippen MR) is 82.9 cm³/mol. The van der Waals surface area contributed by atoms with E-state index in [1.807, 2.05) is 0 Å². The standard InChI is InChI=1S/C14H18BrN3O2S/c1-2-11-3-5-14(10-16,6-4-11)18-21(19,20)13-7-12(15)8-17-9-13/h7-9,11,18H,2-6H2,1H3. The topological polar surface area (TPSA) is 82.9 Å². The molecule has 0 bridgehead atoms. The van der Waals surface area contributed by atoms with Crippen LogP contribution < -0.4 is 4.72 Å². The number of pyridine rings is 1. The smallest absolute Gasteiger partial charge is 0.243 e. The van der Waals surface area contributed by atoms with Crippen LogP contribution in [0.4, 0.5) is 0 Å². The molecule has 1 heterocycles. The van der Waals surface area contributed by atoms with E-state index in [-0.39, 0.29) is 4.90 Å². The van der Waals surface area contributed by atoms with E-state index in [9.17, 15) is 13.7 Å². The number of nitrogens with one attached hydrogen (secondary N) is 1. The van der Waals surface area contributed by atoms with Crippen molar-refractivity contribution in [3.63, 3.8) is 0 Å². The second kappa shape index (κ2) is 6.42. The summed E-state index contributed by atoms with van der Waals surface area (Å²) in [4.78, 5) is 3.94. The zero-order valence-electron chi connectivity index (χ0n) is 11.8. The van der Waals surface area contributed by atoms with E-state index in [1.165, 1.54) is 18.5 Å². The van der Waals surface area contributed by atoms with Crippen molar-refractivity contribution in [3.05, 3.63) is 22.9 Å². The molecule has 1 aliphatic carbocycles. The van der Waals surface area contributed by atoms with E-state index in [1.54, 1.807) is 0 Å². The van der Waals surface area contributed by atoms with Gasteiger partial charge >= 0.3 is 0 Å². The van der Waals surface area contributed by atoms with Crippen molar-refractivity contribution >= 4 is 26.0 Å². The monoisotopic (exact) mass is 371 g/mol. The molecule has 0 radical (unpaired) electrons. The number of hydrogen-bond acceptors (Lipinski definition) is 4. The minimum Gasteiger partial charge on any atom is -0.262 e. The maximum Gasteiger partial charge on any atom is 0.243 e. The van der Waals surface area contributed by atoms with E-state index in [0.29, 0.717) is 23.2 Å². The number of halogens is 1. The molecular weight excluding hydrogens is 354 g/mol. The van der Waals surface area contributed by atoms with Crippen molar-refractivity contribution in [3.8, 4) is 6.07 Å². The summed E-state index contributed by atoms with van der Waals surface area (Å²) in [6.07, 6.45) is 6.75. The minimum absolute atomic E-state index is 0.0733. The number of hydrogen-bond donors (Lipinski definition) is 1. The molecule has 5 nitrogen and oxygen atoms in total. The summed E-state index contributed by atoms with van der Waals surface area (Å²) in [6.45, 7) is 2.13. The Kier molecular flexibility index (Phi) is 5.02. The van der Waals surface area contributed by atoms with Gasteiger partial charge in [0.25, 0.3) is 0 Å². The number of nitrogens with zero attached hydrogens (tertiary/aromatic N) is 2. The van der Waals surface area contributed by atoms with E-state index in [2.05, 4.69) is 38.6 Å². The van der Waals surface area contributed by atoms with Crippen LogP contribution in [0.25, 0.3) is 0 Å². The Morgan fingerprint density at radius 1 is 1.48 bits per heavy atom. The van der Waals surface area contributed by atoms with Gasteiger partial charge in [-0.25, -0.2) is 8.42 Å². The molecule has 2 rings (SSSR count). The van der Waals surface area contributed by atoms with Crippen LogP contribution in [0.1, 0.15) is 39.0 Å². The van der Waals surface area contributed by atoms with E-state index >= 15 is 0 Å². The number of sulfonamides is 1. The first-order valence-corrected chi connectivity index (χ1v) is 9.24. The van der Waals surface area contributed by atoms with Crippen LogP contribution in [0.3, 0.4) is 0 Å². The number of aromatic nitrogens is 1. The Hall–Kier alpha value is -0.970. The first kappa shape index (κ1) is 16.4. The molecule has 1 saturated carbocycles. The van der Waals surface area contributed by atoms with E-state index in [0.717, 1.165) is 19.3 Å². The van der Waals surface area contributed by atoms with Gasteiger partial charge in [0, 0.05) is 16.9 Å². The third kappa shape index (κ3) is 3.82. The molecule has 0 unspecified atom stereocenters. The third-order valence-electron chi connectivity index (χ3n) is 4.07. The van der Waals surface area contributed by atoms with Crippen LogP contribution in [0.15, 0.2) is 27.8 Å². The highest BCUT2D eigenvalue weighted by molar-refractivity contribution is 9.10. The van der Waals surface area contributed by atoms with E-state index in [4.69, 9.17) is 0 Å². The summed E-state index contributed by atoms with van der Waals surface area (Å²) < 4.78 is 28.1. The molecule has 1 N–H and O–H groups in total. The molecule has 0 amide bonds. The largest absolute Gasteiger partial charge is 0.262 e. The molecule has 7 heteroatoms. The molecule has 1 aliphatic rings. The maximum atomic E-state index is 12.4. The third-order valence-corrected chi connectivity index (χ3v) is 6.01. The molecule has 1 aromatic heterocycles. The van der Waals surface area contributed by atoms with E-state index < -0.39 is 15.6 Å². The second-order valence-corrected chi connectivity index (χ2v) is 8.09. The summed E-state index contributed by atoms with van der Waals surface area (Å²) >= 11 is 3.21. The van der Waals surface area contributed by atoms with Crippen molar-refractivity contribution in [2.75, 3.05) is 0 Å². The highest BCUT2D eigenvalue weighted by Crippen LogP contribution is 2.34. The Bertz CT molecular complexity index is 646.